The minimum atomic E-state index is -5.00. The third-order valence-electron chi connectivity index (χ3n) is 5.65. The van der Waals surface area contributed by atoms with E-state index >= 15 is 0 Å². The first-order valence-electron chi connectivity index (χ1n) is 11.3. The van der Waals surface area contributed by atoms with Gasteiger partial charge in [-0.2, -0.15) is 8.42 Å². The second-order valence-electron chi connectivity index (χ2n) is 8.49. The van der Waals surface area contributed by atoms with Crippen LogP contribution in [0.2, 0.25) is 0 Å². The van der Waals surface area contributed by atoms with Crippen LogP contribution in [0.1, 0.15) is 38.2 Å². The molecule has 1 aliphatic rings. The maximum absolute atomic E-state index is 12.2. The largest absolute Gasteiger partial charge is 0.480 e. The average molecular weight is 570 g/mol. The molecule has 1 amide bonds. The zero-order valence-corrected chi connectivity index (χ0v) is 22.2. The number of likely N-dealkylation sites (tertiary alicyclic amines) is 1. The molecule has 4 atom stereocenters. The summed E-state index contributed by atoms with van der Waals surface area (Å²) in [7, 11) is -2.58. The number of carbonyl (C=O) groups excluding carboxylic acids is 2. The van der Waals surface area contributed by atoms with Crippen LogP contribution in [0, 0.1) is 0 Å². The summed E-state index contributed by atoms with van der Waals surface area (Å²) in [5, 5.41) is 21.2. The molecule has 0 spiro atoms. The lowest BCUT2D eigenvalue weighted by Gasteiger charge is -2.32. The summed E-state index contributed by atoms with van der Waals surface area (Å²) < 4.78 is 32.7. The Kier molecular flexibility index (Phi) is 9.72. The number of aliphatic carboxylic acids is 1. The molecule has 0 aliphatic carbocycles. The summed E-state index contributed by atoms with van der Waals surface area (Å²) in [6, 6.07) is 12.4. The van der Waals surface area contributed by atoms with Gasteiger partial charge in [-0.25, -0.2) is 9.78 Å². The molecule has 4 N–H and O–H groups in total. The topological polar surface area (TPSA) is 174 Å². The Morgan fingerprint density at radius 2 is 1.86 bits per heavy atom. The highest BCUT2D eigenvalue weighted by Crippen LogP contribution is 2.43. The SMILES string of the molecule is CC(CCCC(C(=O)O)N1C(=O)CC(=O)C1S(=O)(=O)O)NC(O)(SSc1ccccn1)c1ccccc1. The Labute approximate surface area is 222 Å². The molecular formula is C23H27N3O8S3. The zero-order valence-electron chi connectivity index (χ0n) is 19.8. The molecule has 3 rings (SSSR count). The molecule has 0 saturated carbocycles. The molecule has 200 valence electrons. The van der Waals surface area contributed by atoms with Crippen molar-refractivity contribution >= 4 is 49.4 Å². The van der Waals surface area contributed by atoms with Gasteiger partial charge in [0.1, 0.15) is 11.1 Å². The first kappa shape index (κ1) is 29.1. The average Bonchev–Trinajstić information content (AvgIpc) is 3.15. The minimum absolute atomic E-state index is 0.161. The van der Waals surface area contributed by atoms with Crippen LogP contribution in [0.15, 0.2) is 59.8 Å². The van der Waals surface area contributed by atoms with Gasteiger partial charge in [-0.1, -0.05) is 36.4 Å². The molecule has 14 heteroatoms. The lowest BCUT2D eigenvalue weighted by Crippen LogP contribution is -2.50. The van der Waals surface area contributed by atoms with Crippen LogP contribution in [-0.2, 0) is 29.6 Å². The van der Waals surface area contributed by atoms with E-state index in [0.717, 1.165) is 10.8 Å². The van der Waals surface area contributed by atoms with Crippen LogP contribution in [0.3, 0.4) is 0 Å². The molecule has 37 heavy (non-hydrogen) atoms. The molecule has 1 aromatic carbocycles. The number of carboxylic acid groups (broad SMARTS) is 1. The predicted molar refractivity (Wildman–Crippen MR) is 138 cm³/mol. The monoisotopic (exact) mass is 569 g/mol. The second kappa shape index (κ2) is 12.4. The van der Waals surface area contributed by atoms with Crippen LogP contribution in [0.25, 0.3) is 0 Å². The fraction of sp³-hybridized carbons (Fsp3) is 0.391. The fourth-order valence-electron chi connectivity index (χ4n) is 3.98. The maximum atomic E-state index is 12.2. The van der Waals surface area contributed by atoms with E-state index < -0.39 is 50.7 Å². The van der Waals surface area contributed by atoms with Gasteiger partial charge in [-0.05, 0) is 59.9 Å². The van der Waals surface area contributed by atoms with Crippen LogP contribution >= 0.6 is 21.6 Å². The van der Waals surface area contributed by atoms with Gasteiger partial charge in [0.05, 0.1) is 6.42 Å². The van der Waals surface area contributed by atoms with Gasteiger partial charge in [0.25, 0.3) is 10.1 Å². The summed E-state index contributed by atoms with van der Waals surface area (Å²) in [5.41, 5.74) is 0.593. The van der Waals surface area contributed by atoms with Crippen molar-refractivity contribution in [2.45, 2.75) is 60.1 Å². The Morgan fingerprint density at radius 3 is 2.46 bits per heavy atom. The van der Waals surface area contributed by atoms with Crippen LogP contribution < -0.4 is 5.32 Å². The Balaban J connectivity index is 1.67. The Hall–Kier alpha value is -2.49. The number of pyridine rings is 1. The van der Waals surface area contributed by atoms with Crippen molar-refractivity contribution < 1.29 is 37.6 Å². The van der Waals surface area contributed by atoms with Gasteiger partial charge in [-0.3, -0.25) is 19.5 Å². The molecule has 2 heterocycles. The quantitative estimate of drug-likeness (QED) is 0.120. The first-order valence-corrected chi connectivity index (χ1v) is 14.9. The number of hydrogen-bond acceptors (Lipinski definition) is 10. The van der Waals surface area contributed by atoms with Gasteiger partial charge in [0, 0.05) is 17.8 Å². The van der Waals surface area contributed by atoms with Gasteiger partial charge >= 0.3 is 5.97 Å². The standard InChI is InChI=1S/C23H27N3O8S3/c1-15(8-7-11-17(22(29)30)26-20(28)14-18(27)21(26)37(32,33)34)25-23(31,16-9-3-2-4-10-16)36-35-19-12-5-6-13-24-19/h2-6,9-10,12-13,15,17,21,25,31H,7-8,11,14H2,1H3,(H,29,30)(H,32,33,34). The number of rotatable bonds is 13. The van der Waals surface area contributed by atoms with Crippen LogP contribution in [0.4, 0.5) is 0 Å². The van der Waals surface area contributed by atoms with E-state index in [4.69, 9.17) is 0 Å². The summed E-state index contributed by atoms with van der Waals surface area (Å²) in [5.74, 6) is -3.52. The third kappa shape index (κ3) is 7.52. The number of carboxylic acids is 1. The molecule has 2 aromatic rings. The highest BCUT2D eigenvalue weighted by atomic mass is 33.1. The van der Waals surface area contributed by atoms with E-state index in [-0.39, 0.29) is 18.9 Å². The summed E-state index contributed by atoms with van der Waals surface area (Å²) in [6.07, 6.45) is 1.25. The predicted octanol–water partition coefficient (Wildman–Crippen LogP) is 2.24. The Bertz CT molecular complexity index is 1220. The van der Waals surface area contributed by atoms with Gasteiger partial charge < -0.3 is 15.1 Å². The van der Waals surface area contributed by atoms with E-state index in [2.05, 4.69) is 10.3 Å². The van der Waals surface area contributed by atoms with Crippen LogP contribution in [0.5, 0.6) is 0 Å². The molecule has 0 radical (unpaired) electrons. The van der Waals surface area contributed by atoms with Gasteiger partial charge in [0.15, 0.2) is 5.78 Å². The van der Waals surface area contributed by atoms with E-state index in [1.54, 1.807) is 43.5 Å². The smallest absolute Gasteiger partial charge is 0.326 e. The number of hydrogen-bond donors (Lipinski definition) is 4. The molecule has 1 aliphatic heterocycles. The molecule has 0 bridgehead atoms. The number of aromatic nitrogens is 1. The van der Waals surface area contributed by atoms with E-state index in [0.29, 0.717) is 21.9 Å². The van der Waals surface area contributed by atoms with E-state index in [1.165, 1.54) is 10.8 Å². The number of Topliss-reactive ketones (excluding diaryl/α,β-unsaturated/α-hetero) is 1. The second-order valence-corrected chi connectivity index (χ2v) is 12.3. The highest BCUT2D eigenvalue weighted by Gasteiger charge is 2.51. The maximum Gasteiger partial charge on any atom is 0.326 e. The minimum Gasteiger partial charge on any atom is -0.480 e. The third-order valence-corrected chi connectivity index (χ3v) is 9.28. The number of nitrogens with one attached hydrogen (secondary N) is 1. The van der Waals surface area contributed by atoms with Gasteiger partial charge in [-0.15, -0.1) is 0 Å². The van der Waals surface area contributed by atoms with Crippen molar-refractivity contribution in [3.05, 3.63) is 60.3 Å². The van der Waals surface area contributed by atoms with Crippen molar-refractivity contribution in [1.82, 2.24) is 15.2 Å². The van der Waals surface area contributed by atoms with Crippen molar-refractivity contribution in [1.29, 1.82) is 0 Å². The number of carbonyl (C=O) groups is 3. The summed E-state index contributed by atoms with van der Waals surface area (Å²) in [4.78, 5) is 40.8. The number of amides is 1. The first-order chi connectivity index (χ1) is 17.4. The molecule has 1 aromatic heterocycles. The Morgan fingerprint density at radius 1 is 1.19 bits per heavy atom. The molecule has 4 unspecified atom stereocenters. The number of ketones is 1. The lowest BCUT2D eigenvalue weighted by atomic mass is 10.0. The van der Waals surface area contributed by atoms with Crippen LogP contribution in [-0.4, -0.2) is 68.2 Å². The zero-order chi connectivity index (χ0) is 27.2. The summed E-state index contributed by atoms with van der Waals surface area (Å²) >= 11 is 0. The van der Waals surface area contributed by atoms with E-state index in [1.807, 2.05) is 18.2 Å². The van der Waals surface area contributed by atoms with Crippen molar-refractivity contribution in [3.8, 4) is 0 Å². The van der Waals surface area contributed by atoms with Crippen molar-refractivity contribution in [3.63, 3.8) is 0 Å². The molecule has 1 fully saturated rings. The molecule has 1 saturated heterocycles. The number of benzene rings is 1. The number of nitrogens with zero attached hydrogens (tertiary/aromatic N) is 2. The van der Waals surface area contributed by atoms with Gasteiger partial charge in [0.2, 0.25) is 16.3 Å². The fourth-order valence-corrected chi connectivity index (χ4v) is 7.22. The van der Waals surface area contributed by atoms with Crippen molar-refractivity contribution in [2.24, 2.45) is 0 Å². The lowest BCUT2D eigenvalue weighted by molar-refractivity contribution is -0.149. The summed E-state index contributed by atoms with van der Waals surface area (Å²) in [6.45, 7) is 1.79. The molecule has 11 nitrogen and oxygen atoms in total. The molecular weight excluding hydrogens is 542 g/mol. The van der Waals surface area contributed by atoms with E-state index in [9.17, 15) is 37.6 Å². The highest BCUT2D eigenvalue weighted by molar-refractivity contribution is 8.76. The number of aliphatic hydroxyl groups is 1. The normalized spacial score (nSPS) is 19.4. The van der Waals surface area contributed by atoms with Crippen molar-refractivity contribution in [2.75, 3.05) is 0 Å².